The number of hydrogen-bond acceptors (Lipinski definition) is 3. The average molecular weight is 379 g/mol. The van der Waals surface area contributed by atoms with Crippen molar-refractivity contribution in [2.45, 2.75) is 12.8 Å². The second-order valence-corrected chi connectivity index (χ2v) is 7.70. The van der Waals surface area contributed by atoms with Crippen molar-refractivity contribution in [2.24, 2.45) is 0 Å². The molecule has 1 aliphatic heterocycles. The number of rotatable bonds is 5. The van der Waals surface area contributed by atoms with Crippen molar-refractivity contribution < 1.29 is 0 Å². The molecule has 126 valence electrons. The lowest BCUT2D eigenvalue weighted by Gasteiger charge is -2.32. The lowest BCUT2D eigenvalue weighted by atomic mass is 10.1. The first kappa shape index (κ1) is 16.8. The van der Waals surface area contributed by atoms with Crippen LogP contribution in [0.4, 0.5) is 5.82 Å². The molecular weight excluding hydrogens is 352 g/mol. The number of fused-ring (bicyclic) bond motifs is 1. The van der Waals surface area contributed by atoms with E-state index < -0.39 is 0 Å². The van der Waals surface area contributed by atoms with Gasteiger partial charge in [0.15, 0.2) is 0 Å². The Morgan fingerprint density at radius 1 is 1.17 bits per heavy atom. The summed E-state index contributed by atoms with van der Waals surface area (Å²) in [4.78, 5) is 10.8. The SMILES string of the molecule is CN1CCN(CCCc2c(N(C)C)[nH]c3ccc(Br)cc23)CC1. The van der Waals surface area contributed by atoms with Gasteiger partial charge in [-0.25, -0.2) is 0 Å². The highest BCUT2D eigenvalue weighted by Crippen LogP contribution is 2.31. The first-order chi connectivity index (χ1) is 11.0. The van der Waals surface area contributed by atoms with Crippen LogP contribution in [-0.2, 0) is 6.42 Å². The summed E-state index contributed by atoms with van der Waals surface area (Å²) in [6.07, 6.45) is 2.33. The summed E-state index contributed by atoms with van der Waals surface area (Å²) in [7, 11) is 6.44. The number of benzene rings is 1. The quantitative estimate of drug-likeness (QED) is 0.864. The summed E-state index contributed by atoms with van der Waals surface area (Å²) >= 11 is 3.61. The third-order valence-corrected chi connectivity index (χ3v) is 5.28. The van der Waals surface area contributed by atoms with Crippen molar-refractivity contribution in [3.05, 3.63) is 28.2 Å². The monoisotopic (exact) mass is 378 g/mol. The van der Waals surface area contributed by atoms with E-state index in [2.05, 4.69) is 75.0 Å². The number of nitrogens with one attached hydrogen (secondary N) is 1. The zero-order chi connectivity index (χ0) is 16.4. The number of aryl methyl sites for hydroxylation is 1. The second-order valence-electron chi connectivity index (χ2n) is 6.78. The normalized spacial score (nSPS) is 17.0. The number of hydrogen-bond donors (Lipinski definition) is 1. The topological polar surface area (TPSA) is 25.5 Å². The van der Waals surface area contributed by atoms with E-state index >= 15 is 0 Å². The number of piperazine rings is 1. The molecule has 23 heavy (non-hydrogen) atoms. The zero-order valence-corrected chi connectivity index (χ0v) is 16.0. The lowest BCUT2D eigenvalue weighted by molar-refractivity contribution is 0.153. The fourth-order valence-corrected chi connectivity index (χ4v) is 3.75. The number of aromatic amines is 1. The lowest BCUT2D eigenvalue weighted by Crippen LogP contribution is -2.44. The maximum Gasteiger partial charge on any atom is 0.109 e. The van der Waals surface area contributed by atoms with Gasteiger partial charge in [0.25, 0.3) is 0 Å². The van der Waals surface area contributed by atoms with Crippen LogP contribution in [0.1, 0.15) is 12.0 Å². The minimum absolute atomic E-state index is 1.12. The molecule has 0 unspecified atom stereocenters. The fourth-order valence-electron chi connectivity index (χ4n) is 3.39. The van der Waals surface area contributed by atoms with Crippen LogP contribution in [0, 0.1) is 0 Å². The van der Waals surface area contributed by atoms with Crippen LogP contribution in [0.15, 0.2) is 22.7 Å². The van der Waals surface area contributed by atoms with Crippen LogP contribution in [-0.4, -0.2) is 68.7 Å². The molecule has 4 nitrogen and oxygen atoms in total. The summed E-state index contributed by atoms with van der Waals surface area (Å²) in [6.45, 7) is 6.00. The molecule has 5 heteroatoms. The number of aromatic nitrogens is 1. The molecule has 1 fully saturated rings. The van der Waals surface area contributed by atoms with Crippen LogP contribution in [0.5, 0.6) is 0 Å². The summed E-state index contributed by atoms with van der Waals surface area (Å²) in [5.74, 6) is 1.25. The molecule has 1 aliphatic rings. The molecular formula is C18H27BrN4. The first-order valence-electron chi connectivity index (χ1n) is 8.43. The van der Waals surface area contributed by atoms with Gasteiger partial charge in [-0.2, -0.15) is 0 Å². The van der Waals surface area contributed by atoms with Crippen LogP contribution in [0.3, 0.4) is 0 Å². The van der Waals surface area contributed by atoms with Gasteiger partial charge >= 0.3 is 0 Å². The third-order valence-electron chi connectivity index (χ3n) is 4.79. The van der Waals surface area contributed by atoms with Crippen molar-refractivity contribution in [2.75, 3.05) is 58.8 Å². The summed E-state index contributed by atoms with van der Waals surface area (Å²) in [6, 6.07) is 6.51. The largest absolute Gasteiger partial charge is 0.364 e. The predicted octanol–water partition coefficient (Wildman–Crippen LogP) is 3.18. The molecule has 0 bridgehead atoms. The predicted molar refractivity (Wildman–Crippen MR) is 103 cm³/mol. The Balaban J connectivity index is 1.71. The molecule has 2 heterocycles. The molecule has 3 rings (SSSR count). The van der Waals surface area contributed by atoms with E-state index in [0.717, 1.165) is 10.9 Å². The number of H-pyrrole nitrogens is 1. The molecule has 0 radical (unpaired) electrons. The Hall–Kier alpha value is -1.04. The van der Waals surface area contributed by atoms with Gasteiger partial charge in [-0.3, -0.25) is 0 Å². The summed E-state index contributed by atoms with van der Waals surface area (Å²) in [5.41, 5.74) is 2.67. The van der Waals surface area contributed by atoms with Crippen molar-refractivity contribution >= 4 is 32.7 Å². The van der Waals surface area contributed by atoms with E-state index in [9.17, 15) is 0 Å². The molecule has 2 aromatic rings. The van der Waals surface area contributed by atoms with Crippen molar-refractivity contribution in [3.8, 4) is 0 Å². The maximum atomic E-state index is 3.61. The molecule has 0 aliphatic carbocycles. The van der Waals surface area contributed by atoms with E-state index in [1.54, 1.807) is 0 Å². The molecule has 0 atom stereocenters. The van der Waals surface area contributed by atoms with Gasteiger partial charge in [-0.15, -0.1) is 0 Å². The maximum absolute atomic E-state index is 3.61. The highest BCUT2D eigenvalue weighted by molar-refractivity contribution is 9.10. The van der Waals surface area contributed by atoms with Gasteiger partial charge in [0.1, 0.15) is 5.82 Å². The van der Waals surface area contributed by atoms with Crippen molar-refractivity contribution in [3.63, 3.8) is 0 Å². The van der Waals surface area contributed by atoms with E-state index in [-0.39, 0.29) is 0 Å². The van der Waals surface area contributed by atoms with Gasteiger partial charge in [0.2, 0.25) is 0 Å². The molecule has 1 N–H and O–H groups in total. The van der Waals surface area contributed by atoms with Gasteiger partial charge in [-0.1, -0.05) is 15.9 Å². The van der Waals surface area contributed by atoms with Gasteiger partial charge in [0.05, 0.1) is 0 Å². The molecule has 0 amide bonds. The minimum atomic E-state index is 1.12. The van der Waals surface area contributed by atoms with E-state index in [1.807, 2.05) is 0 Å². The number of halogens is 1. The molecule has 1 saturated heterocycles. The highest BCUT2D eigenvalue weighted by atomic mass is 79.9. The highest BCUT2D eigenvalue weighted by Gasteiger charge is 2.16. The third kappa shape index (κ3) is 3.90. The number of likely N-dealkylation sites (N-methyl/N-ethyl adjacent to an activating group) is 1. The number of nitrogens with zero attached hydrogens (tertiary/aromatic N) is 3. The average Bonchev–Trinajstić information content (AvgIpc) is 2.88. The fraction of sp³-hybridized carbons (Fsp3) is 0.556. The van der Waals surface area contributed by atoms with E-state index in [0.29, 0.717) is 0 Å². The van der Waals surface area contributed by atoms with Gasteiger partial charge in [0, 0.05) is 61.2 Å². The van der Waals surface area contributed by atoms with E-state index in [4.69, 9.17) is 0 Å². The molecule has 0 saturated carbocycles. The Morgan fingerprint density at radius 3 is 2.61 bits per heavy atom. The van der Waals surface area contributed by atoms with Gasteiger partial charge in [-0.05, 0) is 44.6 Å². The summed E-state index contributed by atoms with van der Waals surface area (Å²) in [5, 5.41) is 1.35. The minimum Gasteiger partial charge on any atom is -0.364 e. The van der Waals surface area contributed by atoms with Crippen LogP contribution >= 0.6 is 15.9 Å². The Kier molecular flexibility index (Phi) is 5.29. The van der Waals surface area contributed by atoms with Gasteiger partial charge < -0.3 is 19.7 Å². The first-order valence-corrected chi connectivity index (χ1v) is 9.22. The second kappa shape index (κ2) is 7.24. The van der Waals surface area contributed by atoms with Crippen molar-refractivity contribution in [1.82, 2.24) is 14.8 Å². The summed E-state index contributed by atoms with van der Waals surface area (Å²) < 4.78 is 1.15. The molecule has 0 spiro atoms. The smallest absolute Gasteiger partial charge is 0.109 e. The Morgan fingerprint density at radius 2 is 1.91 bits per heavy atom. The van der Waals surface area contributed by atoms with E-state index in [1.165, 1.54) is 61.4 Å². The van der Waals surface area contributed by atoms with Crippen molar-refractivity contribution in [1.29, 1.82) is 0 Å². The Labute approximate surface area is 147 Å². The molecule has 1 aromatic carbocycles. The van der Waals surface area contributed by atoms with Crippen LogP contribution in [0.25, 0.3) is 10.9 Å². The Bertz CT molecular complexity index is 656. The van der Waals surface area contributed by atoms with Crippen LogP contribution < -0.4 is 4.90 Å². The van der Waals surface area contributed by atoms with Crippen LogP contribution in [0.2, 0.25) is 0 Å². The standard InChI is InChI=1S/C18H27BrN4/c1-21(2)18-15(16-13-14(19)6-7-17(16)20-18)5-4-8-23-11-9-22(3)10-12-23/h6-7,13,20H,4-5,8-12H2,1-3H3. The number of anilines is 1. The zero-order valence-electron chi connectivity index (χ0n) is 14.4. The molecule has 1 aromatic heterocycles.